The average Bonchev–Trinajstić information content (AvgIpc) is 3.54. The Hall–Kier alpha value is -4.19. The van der Waals surface area contributed by atoms with Crippen molar-refractivity contribution < 1.29 is 23.2 Å². The first-order valence-corrected chi connectivity index (χ1v) is 17.0. The van der Waals surface area contributed by atoms with Crippen molar-refractivity contribution in [2.24, 2.45) is 11.1 Å². The minimum Gasteiger partial charge on any atom is -0.489 e. The highest BCUT2D eigenvalue weighted by molar-refractivity contribution is 8.00. The number of aromatic nitrogens is 3. The van der Waals surface area contributed by atoms with Crippen molar-refractivity contribution in [1.82, 2.24) is 14.8 Å². The van der Waals surface area contributed by atoms with Gasteiger partial charge in [0.25, 0.3) is 0 Å². The van der Waals surface area contributed by atoms with Gasteiger partial charge in [0.05, 0.1) is 16.3 Å². The van der Waals surface area contributed by atoms with Crippen LogP contribution in [0.4, 0.5) is 4.39 Å². The van der Waals surface area contributed by atoms with Crippen LogP contribution in [0.15, 0.2) is 83.1 Å². The van der Waals surface area contributed by atoms with Gasteiger partial charge in [-0.15, -0.1) is 11.3 Å². The maximum atomic E-state index is 15.1. The van der Waals surface area contributed by atoms with Crippen LogP contribution in [0.5, 0.6) is 5.75 Å². The van der Waals surface area contributed by atoms with Crippen LogP contribution in [0.1, 0.15) is 45.7 Å². The molecule has 43 heavy (non-hydrogen) atoms. The van der Waals surface area contributed by atoms with Gasteiger partial charge in [-0.25, -0.2) is 18.9 Å². The lowest BCUT2D eigenvalue weighted by Crippen LogP contribution is -2.22. The molecule has 0 unspecified atom stereocenters. The Morgan fingerprint density at radius 2 is 1.91 bits per heavy atom. The third-order valence-corrected chi connectivity index (χ3v) is 9.52. The van der Waals surface area contributed by atoms with Gasteiger partial charge in [0.1, 0.15) is 18.2 Å². The lowest BCUT2D eigenvalue weighted by molar-refractivity contribution is 0.0691. The fourth-order valence-electron chi connectivity index (χ4n) is 5.02. The number of ether oxygens (including phenoxy) is 1. The molecule has 0 radical (unpaired) electrons. The molecule has 3 N–H and O–H groups in total. The number of carboxylic acids is 1. The number of thiol groups is 1. The molecular formula is C32H31FN4O4S2. The smallest absolute Gasteiger partial charge is 0.355 e. The van der Waals surface area contributed by atoms with Gasteiger partial charge >= 0.3 is 5.97 Å². The summed E-state index contributed by atoms with van der Waals surface area (Å²) in [4.78, 5) is 16.0. The van der Waals surface area contributed by atoms with Gasteiger partial charge in [-0.2, -0.15) is 5.10 Å². The Bertz CT molecular complexity index is 1840. The van der Waals surface area contributed by atoms with Crippen molar-refractivity contribution in [3.8, 4) is 22.1 Å². The van der Waals surface area contributed by atoms with Gasteiger partial charge in [0, 0.05) is 29.2 Å². The number of nitrogens with two attached hydrogens (primary N) is 1. The highest BCUT2D eigenvalue weighted by Crippen LogP contribution is 2.39. The molecular weight excluding hydrogens is 588 g/mol. The van der Waals surface area contributed by atoms with E-state index in [0.29, 0.717) is 41.1 Å². The van der Waals surface area contributed by atoms with E-state index in [4.69, 9.17) is 15.0 Å². The van der Waals surface area contributed by atoms with Crippen molar-refractivity contribution >= 4 is 27.4 Å². The first kappa shape index (κ1) is 28.9. The van der Waals surface area contributed by atoms with E-state index >= 15 is 4.39 Å². The number of carboxylic acid groups (broad SMARTS) is 1. The lowest BCUT2D eigenvalue weighted by atomic mass is 9.97. The summed E-state index contributed by atoms with van der Waals surface area (Å²) in [5.41, 5.74) is 4.95. The van der Waals surface area contributed by atoms with E-state index in [1.165, 1.54) is 35.1 Å². The fourth-order valence-corrected chi connectivity index (χ4v) is 6.66. The summed E-state index contributed by atoms with van der Waals surface area (Å²) in [5, 5.41) is 22.2. The summed E-state index contributed by atoms with van der Waals surface area (Å²) in [5.74, 6) is -0.564. The van der Waals surface area contributed by atoms with Crippen molar-refractivity contribution in [3.63, 3.8) is 0 Å². The monoisotopic (exact) mass is 618 g/mol. The molecule has 0 atom stereocenters. The lowest BCUT2D eigenvalue weighted by Gasteiger charge is -2.15. The molecule has 2 aromatic heterocycles. The maximum Gasteiger partial charge on any atom is 0.355 e. The predicted octanol–water partition coefficient (Wildman–Crippen LogP) is 5.83. The SMILES string of the molecule is C[SH](N)(=O)c1ccc(Cc2c(-c3cccc(OCc4ccccc4)c3)nn(-c3nc(C(=O)O)cs3)c2CC2CC2)cc1F. The Labute approximate surface area is 253 Å². The topological polar surface area (TPSA) is 120 Å². The maximum absolute atomic E-state index is 15.1. The second kappa shape index (κ2) is 11.8. The van der Waals surface area contributed by atoms with Crippen LogP contribution in [-0.2, 0) is 29.6 Å². The molecule has 5 aromatic rings. The van der Waals surface area contributed by atoms with E-state index in [-0.39, 0.29) is 10.6 Å². The summed E-state index contributed by atoms with van der Waals surface area (Å²) in [6.07, 6.45) is 4.59. The van der Waals surface area contributed by atoms with Gasteiger partial charge in [-0.1, -0.05) is 48.5 Å². The molecule has 0 aliphatic heterocycles. The van der Waals surface area contributed by atoms with Gasteiger partial charge < -0.3 is 9.84 Å². The predicted molar refractivity (Wildman–Crippen MR) is 166 cm³/mol. The van der Waals surface area contributed by atoms with Gasteiger partial charge in [-0.05, 0) is 70.7 Å². The number of nitrogens with zero attached hydrogens (tertiary/aromatic N) is 3. The highest BCUT2D eigenvalue weighted by atomic mass is 32.3. The summed E-state index contributed by atoms with van der Waals surface area (Å²) in [6.45, 7) is 0.406. The fraction of sp³-hybridized carbons (Fsp3) is 0.219. The molecule has 0 bridgehead atoms. The first-order valence-electron chi connectivity index (χ1n) is 13.9. The number of thiazole rings is 1. The van der Waals surface area contributed by atoms with E-state index in [2.05, 4.69) is 4.98 Å². The van der Waals surface area contributed by atoms with Crippen LogP contribution < -0.4 is 9.88 Å². The molecule has 0 saturated heterocycles. The summed E-state index contributed by atoms with van der Waals surface area (Å²) in [7, 11) is -3.27. The van der Waals surface area contributed by atoms with E-state index < -0.39 is 21.9 Å². The molecule has 1 aliphatic rings. The van der Waals surface area contributed by atoms with E-state index in [9.17, 15) is 14.1 Å². The molecule has 11 heteroatoms. The van der Waals surface area contributed by atoms with Crippen molar-refractivity contribution in [2.45, 2.75) is 37.2 Å². The molecule has 1 fully saturated rings. The Kier molecular flexibility index (Phi) is 7.95. The molecule has 6 rings (SSSR count). The first-order chi connectivity index (χ1) is 20.7. The average molecular weight is 619 g/mol. The number of benzene rings is 3. The molecule has 1 aliphatic carbocycles. The number of rotatable bonds is 11. The van der Waals surface area contributed by atoms with Crippen LogP contribution >= 0.6 is 11.3 Å². The largest absolute Gasteiger partial charge is 0.489 e. The Morgan fingerprint density at radius 3 is 2.58 bits per heavy atom. The van der Waals surface area contributed by atoms with E-state index in [1.54, 1.807) is 10.7 Å². The van der Waals surface area contributed by atoms with Gasteiger partial charge in [0.15, 0.2) is 5.69 Å². The number of halogens is 1. The van der Waals surface area contributed by atoms with Crippen molar-refractivity contribution in [2.75, 3.05) is 6.26 Å². The van der Waals surface area contributed by atoms with Gasteiger partial charge in [-0.3, -0.25) is 9.35 Å². The van der Waals surface area contributed by atoms with E-state index in [0.717, 1.165) is 41.6 Å². The molecule has 3 aromatic carbocycles. The zero-order chi connectivity index (χ0) is 30.1. The summed E-state index contributed by atoms with van der Waals surface area (Å²) < 4.78 is 35.3. The molecule has 2 heterocycles. The molecule has 0 spiro atoms. The minimum atomic E-state index is -3.27. The third kappa shape index (κ3) is 6.58. The molecule has 8 nitrogen and oxygen atoms in total. The Morgan fingerprint density at radius 1 is 1.12 bits per heavy atom. The number of hydrogen-bond acceptors (Lipinski definition) is 6. The van der Waals surface area contributed by atoms with Crippen LogP contribution in [0.2, 0.25) is 0 Å². The zero-order valence-electron chi connectivity index (χ0n) is 23.4. The number of hydrogen-bond donors (Lipinski definition) is 3. The normalized spacial score (nSPS) is 13.7. The van der Waals surface area contributed by atoms with Crippen LogP contribution in [0, 0.1) is 11.7 Å². The van der Waals surface area contributed by atoms with Gasteiger partial charge in [0.2, 0.25) is 5.13 Å². The molecule has 1 saturated carbocycles. The highest BCUT2D eigenvalue weighted by Gasteiger charge is 2.29. The van der Waals surface area contributed by atoms with Crippen LogP contribution in [-0.4, -0.2) is 36.3 Å². The van der Waals surface area contributed by atoms with E-state index in [1.807, 2.05) is 54.6 Å². The molecule has 222 valence electrons. The minimum absolute atomic E-state index is 0.0117. The van der Waals surface area contributed by atoms with Crippen molar-refractivity contribution in [3.05, 3.63) is 112 Å². The van der Waals surface area contributed by atoms with Crippen LogP contribution in [0.25, 0.3) is 16.4 Å². The Balaban J connectivity index is 1.44. The standard InChI is InChI=1S/C32H31FN4O4S2/c1-43(34,40)29-13-12-22(15-26(29)33)14-25-28(16-20-10-11-20)37(32-35-27(19-42-32)31(38)39)36-30(25)23-8-5-9-24(17-23)41-18-21-6-3-2-4-7-21/h2-9,12-13,15,17,19-20,43H,10-11,14,16,18H2,1H3,(H2,34,40)(H,38,39). The number of aromatic carboxylic acids is 1. The quantitative estimate of drug-likeness (QED) is 0.160. The van der Waals surface area contributed by atoms with Crippen molar-refractivity contribution in [1.29, 1.82) is 0 Å². The second-order valence-electron chi connectivity index (χ2n) is 10.9. The number of carbonyl (C=O) groups is 1. The third-order valence-electron chi connectivity index (χ3n) is 7.39. The van der Waals surface area contributed by atoms with Crippen LogP contribution in [0.3, 0.4) is 0 Å². The second-order valence-corrected chi connectivity index (χ2v) is 14.2. The molecule has 0 amide bonds. The zero-order valence-corrected chi connectivity index (χ0v) is 25.2. The summed E-state index contributed by atoms with van der Waals surface area (Å²) in [6, 6.07) is 22.2. The summed E-state index contributed by atoms with van der Waals surface area (Å²) >= 11 is 1.21.